The van der Waals surface area contributed by atoms with E-state index in [0.717, 1.165) is 22.8 Å². The number of aliphatic hydroxyl groups is 1. The summed E-state index contributed by atoms with van der Waals surface area (Å²) in [4.78, 5) is 0. The van der Waals surface area contributed by atoms with Gasteiger partial charge in [-0.25, -0.2) is 4.39 Å². The Bertz CT molecular complexity index is 392. The number of hydrogen-bond acceptors (Lipinski definition) is 3. The zero-order chi connectivity index (χ0) is 12.5. The molecule has 0 spiro atoms. The summed E-state index contributed by atoms with van der Waals surface area (Å²) in [6, 6.07) is 4.90. The lowest BCUT2D eigenvalue weighted by Gasteiger charge is -2.33. The second-order valence-corrected chi connectivity index (χ2v) is 5.90. The summed E-state index contributed by atoms with van der Waals surface area (Å²) in [6.45, 7) is 4.07. The molecular weight excluding hydrogens is 237 g/mol. The van der Waals surface area contributed by atoms with Crippen molar-refractivity contribution in [2.45, 2.75) is 19.4 Å². The van der Waals surface area contributed by atoms with E-state index in [1.54, 1.807) is 0 Å². The van der Waals surface area contributed by atoms with Crippen LogP contribution in [0.5, 0.6) is 0 Å². The Morgan fingerprint density at radius 1 is 1.53 bits per heavy atom. The van der Waals surface area contributed by atoms with Crippen molar-refractivity contribution in [1.82, 2.24) is 0 Å². The average molecular weight is 255 g/mol. The van der Waals surface area contributed by atoms with Gasteiger partial charge in [0.25, 0.3) is 0 Å². The monoisotopic (exact) mass is 255 g/mol. The smallest absolute Gasteiger partial charge is 0.125 e. The van der Waals surface area contributed by atoms with Gasteiger partial charge in [0.1, 0.15) is 5.82 Å². The normalized spacial score (nSPS) is 28.4. The molecule has 1 aromatic rings. The van der Waals surface area contributed by atoms with Crippen LogP contribution in [0.15, 0.2) is 18.2 Å². The highest BCUT2D eigenvalue weighted by molar-refractivity contribution is 7.99. The van der Waals surface area contributed by atoms with E-state index in [-0.39, 0.29) is 18.0 Å². The average Bonchev–Trinajstić information content (AvgIpc) is 2.59. The van der Waals surface area contributed by atoms with Crippen molar-refractivity contribution in [3.63, 3.8) is 0 Å². The number of thioether (sulfide) groups is 1. The highest BCUT2D eigenvalue weighted by atomic mass is 32.2. The molecule has 2 N–H and O–H groups in total. The predicted octanol–water partition coefficient (Wildman–Crippen LogP) is 2.66. The summed E-state index contributed by atoms with van der Waals surface area (Å²) < 4.78 is 13.3. The van der Waals surface area contributed by atoms with Crippen molar-refractivity contribution in [3.05, 3.63) is 29.6 Å². The van der Waals surface area contributed by atoms with Gasteiger partial charge >= 0.3 is 0 Å². The number of hydrogen-bond donors (Lipinski definition) is 2. The number of benzene rings is 1. The van der Waals surface area contributed by atoms with Crippen LogP contribution < -0.4 is 5.32 Å². The van der Waals surface area contributed by atoms with E-state index in [2.05, 4.69) is 12.2 Å². The van der Waals surface area contributed by atoms with E-state index < -0.39 is 0 Å². The number of nitrogens with one attached hydrogen (secondary N) is 1. The molecule has 0 aliphatic carbocycles. The molecule has 0 saturated carbocycles. The van der Waals surface area contributed by atoms with Crippen molar-refractivity contribution >= 4 is 17.4 Å². The molecule has 4 heteroatoms. The fourth-order valence-corrected chi connectivity index (χ4v) is 3.82. The third-order valence-corrected chi connectivity index (χ3v) is 4.84. The first-order valence-corrected chi connectivity index (χ1v) is 6.95. The van der Waals surface area contributed by atoms with Gasteiger partial charge in [0.15, 0.2) is 0 Å². The zero-order valence-electron chi connectivity index (χ0n) is 10.2. The predicted molar refractivity (Wildman–Crippen MR) is 71.1 cm³/mol. The minimum absolute atomic E-state index is 0.0801. The molecule has 2 rings (SSSR count). The van der Waals surface area contributed by atoms with Gasteiger partial charge in [0.05, 0.1) is 12.1 Å². The van der Waals surface area contributed by atoms with E-state index in [1.807, 2.05) is 24.8 Å². The maximum Gasteiger partial charge on any atom is 0.125 e. The molecule has 2 nitrogen and oxygen atoms in total. The van der Waals surface area contributed by atoms with Crippen molar-refractivity contribution in [3.8, 4) is 0 Å². The maximum absolute atomic E-state index is 13.3. The van der Waals surface area contributed by atoms with Gasteiger partial charge in [-0.05, 0) is 42.4 Å². The highest BCUT2D eigenvalue weighted by Crippen LogP contribution is 2.36. The van der Waals surface area contributed by atoms with Gasteiger partial charge in [0.2, 0.25) is 0 Å². The molecule has 1 aliphatic rings. The molecule has 17 heavy (non-hydrogen) atoms. The Kier molecular flexibility index (Phi) is 3.64. The van der Waals surface area contributed by atoms with Crippen LogP contribution in [0, 0.1) is 18.7 Å². The molecule has 0 bridgehead atoms. The number of aryl methyl sites for hydroxylation is 1. The van der Waals surface area contributed by atoms with Crippen LogP contribution in [0.4, 0.5) is 10.1 Å². The molecule has 2 unspecified atom stereocenters. The van der Waals surface area contributed by atoms with E-state index in [9.17, 15) is 9.50 Å². The van der Waals surface area contributed by atoms with Crippen molar-refractivity contribution in [2.75, 3.05) is 23.4 Å². The third-order valence-electron chi connectivity index (χ3n) is 3.39. The molecule has 1 fully saturated rings. The molecule has 1 saturated heterocycles. The van der Waals surface area contributed by atoms with Crippen LogP contribution in [-0.4, -0.2) is 28.8 Å². The van der Waals surface area contributed by atoms with E-state index >= 15 is 0 Å². The summed E-state index contributed by atoms with van der Waals surface area (Å²) in [6.07, 6.45) is 0. The SMILES string of the molecule is Cc1cc(F)cc(NC2(CO)CSCC2C)c1. The van der Waals surface area contributed by atoms with Gasteiger partial charge in [0, 0.05) is 11.4 Å². The summed E-state index contributed by atoms with van der Waals surface area (Å²) in [5.41, 5.74) is 1.33. The molecule has 1 heterocycles. The summed E-state index contributed by atoms with van der Waals surface area (Å²) in [5.74, 6) is 2.03. The first kappa shape index (κ1) is 12.7. The van der Waals surface area contributed by atoms with Crippen molar-refractivity contribution in [1.29, 1.82) is 0 Å². The first-order chi connectivity index (χ1) is 8.05. The first-order valence-electron chi connectivity index (χ1n) is 5.80. The van der Waals surface area contributed by atoms with E-state index in [4.69, 9.17) is 0 Å². The second-order valence-electron chi connectivity index (χ2n) is 4.87. The Morgan fingerprint density at radius 3 is 2.82 bits per heavy atom. The number of rotatable bonds is 3. The molecule has 1 aliphatic heterocycles. The fraction of sp³-hybridized carbons (Fsp3) is 0.538. The molecule has 0 amide bonds. The summed E-state index contributed by atoms with van der Waals surface area (Å²) >= 11 is 1.83. The van der Waals surface area contributed by atoms with Crippen LogP contribution in [-0.2, 0) is 0 Å². The van der Waals surface area contributed by atoms with Crippen LogP contribution in [0.1, 0.15) is 12.5 Å². The van der Waals surface area contributed by atoms with Crippen LogP contribution in [0.2, 0.25) is 0 Å². The Morgan fingerprint density at radius 2 is 2.29 bits per heavy atom. The minimum atomic E-state index is -0.315. The highest BCUT2D eigenvalue weighted by Gasteiger charge is 2.40. The molecule has 94 valence electrons. The standard InChI is InChI=1S/C13H18FNOS/c1-9-3-11(14)5-12(4-9)15-13(7-16)8-17-6-10(13)2/h3-5,10,15-16H,6-8H2,1-2H3. The van der Waals surface area contributed by atoms with Crippen LogP contribution >= 0.6 is 11.8 Å². The number of halogens is 1. The van der Waals surface area contributed by atoms with Crippen molar-refractivity contribution in [2.24, 2.45) is 5.92 Å². The molecule has 1 aromatic carbocycles. The Labute approximate surface area is 106 Å². The van der Waals surface area contributed by atoms with Gasteiger partial charge in [-0.15, -0.1) is 0 Å². The largest absolute Gasteiger partial charge is 0.394 e. The Hall–Kier alpha value is -0.740. The van der Waals surface area contributed by atoms with Crippen LogP contribution in [0.3, 0.4) is 0 Å². The van der Waals surface area contributed by atoms with Crippen molar-refractivity contribution < 1.29 is 9.50 Å². The minimum Gasteiger partial charge on any atom is -0.394 e. The van der Waals surface area contributed by atoms with Gasteiger partial charge in [-0.1, -0.05) is 6.92 Å². The van der Waals surface area contributed by atoms with Gasteiger partial charge in [-0.2, -0.15) is 11.8 Å². The molecule has 0 radical (unpaired) electrons. The molecule has 0 aromatic heterocycles. The molecular formula is C13H18FNOS. The van der Waals surface area contributed by atoms with Crippen LogP contribution in [0.25, 0.3) is 0 Å². The summed E-state index contributed by atoms with van der Waals surface area (Å²) in [7, 11) is 0. The van der Waals surface area contributed by atoms with Gasteiger partial charge in [-0.3, -0.25) is 0 Å². The topological polar surface area (TPSA) is 32.3 Å². The third kappa shape index (κ3) is 2.58. The summed E-state index contributed by atoms with van der Waals surface area (Å²) in [5, 5.41) is 12.9. The molecule has 2 atom stereocenters. The number of anilines is 1. The second kappa shape index (κ2) is 4.86. The quantitative estimate of drug-likeness (QED) is 0.871. The lowest BCUT2D eigenvalue weighted by molar-refractivity contribution is 0.196. The number of aliphatic hydroxyl groups excluding tert-OH is 1. The van der Waals surface area contributed by atoms with E-state index in [0.29, 0.717) is 5.92 Å². The lowest BCUT2D eigenvalue weighted by Crippen LogP contribution is -2.47. The lowest BCUT2D eigenvalue weighted by atomic mass is 9.89. The van der Waals surface area contributed by atoms with E-state index in [1.165, 1.54) is 12.1 Å². The fourth-order valence-electron chi connectivity index (χ4n) is 2.22. The Balaban J connectivity index is 2.24. The maximum atomic E-state index is 13.3. The zero-order valence-corrected chi connectivity index (χ0v) is 11.0. The van der Waals surface area contributed by atoms with Gasteiger partial charge < -0.3 is 10.4 Å².